The van der Waals surface area contributed by atoms with Crippen molar-refractivity contribution in [1.82, 2.24) is 9.88 Å². The van der Waals surface area contributed by atoms with Gasteiger partial charge in [-0.25, -0.2) is 0 Å². The minimum absolute atomic E-state index is 0. The first-order valence-electron chi connectivity index (χ1n) is 12.2. The zero-order valence-electron chi connectivity index (χ0n) is 18.2. The second-order valence-corrected chi connectivity index (χ2v) is 11.0. The molecule has 0 unspecified atom stereocenters. The van der Waals surface area contributed by atoms with Crippen LogP contribution in [-0.2, 0) is 11.3 Å². The van der Waals surface area contributed by atoms with Crippen molar-refractivity contribution in [2.75, 3.05) is 11.9 Å². The minimum Gasteiger partial charge on any atom is -0.325 e. The minimum atomic E-state index is 0. The van der Waals surface area contributed by atoms with Crippen LogP contribution in [0.2, 0.25) is 0 Å². The van der Waals surface area contributed by atoms with Crippen molar-refractivity contribution < 1.29 is 4.79 Å². The predicted molar refractivity (Wildman–Crippen MR) is 130 cm³/mol. The van der Waals surface area contributed by atoms with Crippen LogP contribution in [0.3, 0.4) is 0 Å². The Kier molecular flexibility index (Phi) is 5.65. The Labute approximate surface area is 191 Å². The fraction of sp³-hybridized carbons (Fsp3) is 0.630. The summed E-state index contributed by atoms with van der Waals surface area (Å²) in [6.07, 6.45) is 12.7. The molecule has 7 rings (SSSR count). The molecule has 1 saturated heterocycles. The number of amides is 1. The van der Waals surface area contributed by atoms with E-state index in [0.717, 1.165) is 41.8 Å². The normalized spacial score (nSPS) is 32.8. The van der Waals surface area contributed by atoms with Crippen LogP contribution in [0.15, 0.2) is 35.3 Å². The molecular weight excluding hydrogens is 398 g/mol. The van der Waals surface area contributed by atoms with E-state index in [0.29, 0.717) is 24.4 Å². The van der Waals surface area contributed by atoms with Gasteiger partial charge < -0.3 is 15.2 Å². The molecule has 2 heterocycles. The van der Waals surface area contributed by atoms with Gasteiger partial charge in [-0.3, -0.25) is 9.59 Å². The summed E-state index contributed by atoms with van der Waals surface area (Å²) in [5, 5.41) is 8.18. The average molecular weight is 436 g/mol. The van der Waals surface area contributed by atoms with Gasteiger partial charge in [0.15, 0.2) is 0 Å². The highest BCUT2D eigenvalue weighted by atomic mass is 16.1. The zero-order valence-corrected chi connectivity index (χ0v) is 18.2. The van der Waals surface area contributed by atoms with Crippen LogP contribution in [0, 0.1) is 23.2 Å². The predicted octanol–water partition coefficient (Wildman–Crippen LogP) is 4.93. The lowest BCUT2D eigenvalue weighted by Gasteiger charge is -2.56. The van der Waals surface area contributed by atoms with E-state index >= 15 is 0 Å². The highest BCUT2D eigenvalue weighted by Gasteiger charge is 2.51. The van der Waals surface area contributed by atoms with Gasteiger partial charge in [0.25, 0.3) is 5.56 Å². The summed E-state index contributed by atoms with van der Waals surface area (Å²) in [7, 11) is 0. The molecule has 5 fully saturated rings. The summed E-state index contributed by atoms with van der Waals surface area (Å²) < 4.78 is 1.81. The molecule has 5 nitrogen and oxygen atoms in total. The van der Waals surface area contributed by atoms with Gasteiger partial charge in [0.2, 0.25) is 5.91 Å². The number of hydrogen-bond acceptors (Lipinski definition) is 3. The number of nitrogens with zero attached hydrogens (tertiary/aromatic N) is 1. The molecule has 2 aromatic rings. The van der Waals surface area contributed by atoms with Gasteiger partial charge in [-0.05, 0) is 99.3 Å². The van der Waals surface area contributed by atoms with Gasteiger partial charge in [0, 0.05) is 41.7 Å². The van der Waals surface area contributed by atoms with E-state index in [9.17, 15) is 9.59 Å². The fourth-order valence-corrected chi connectivity index (χ4v) is 7.76. The lowest BCUT2D eigenvalue weighted by atomic mass is 9.49. The van der Waals surface area contributed by atoms with E-state index in [1.54, 1.807) is 0 Å². The maximum atomic E-state index is 13.1. The van der Waals surface area contributed by atoms with Gasteiger partial charge in [0.1, 0.15) is 0 Å². The van der Waals surface area contributed by atoms with Crippen LogP contribution < -0.4 is 16.2 Å². The Morgan fingerprint density at radius 2 is 1.78 bits per heavy atom. The molecule has 4 saturated carbocycles. The highest BCUT2D eigenvalue weighted by molar-refractivity contribution is 6.02. The molecule has 2 N–H and O–H groups in total. The molecule has 4 bridgehead atoms. The summed E-state index contributed by atoms with van der Waals surface area (Å²) in [5.41, 5.74) is 1.03. The Hall–Kier alpha value is -2.14. The first-order valence-corrected chi connectivity index (χ1v) is 12.2. The number of carbonyl (C=O) groups excluding carboxylic acids is 1. The largest absolute Gasteiger partial charge is 0.325 e. The van der Waals surface area contributed by atoms with E-state index < -0.39 is 0 Å². The summed E-state index contributed by atoms with van der Waals surface area (Å²) in [5.74, 6) is 2.67. The second kappa shape index (κ2) is 8.33. The van der Waals surface area contributed by atoms with Crippen molar-refractivity contribution in [3.05, 3.63) is 40.8 Å². The third-order valence-corrected chi connectivity index (χ3v) is 8.57. The summed E-state index contributed by atoms with van der Waals surface area (Å²) in [6.45, 7) is 1.74. The van der Waals surface area contributed by atoms with E-state index in [1.165, 1.54) is 44.9 Å². The Morgan fingerprint density at radius 3 is 2.44 bits per heavy atom. The SMILES string of the molecule is C.O=C(CC12CC3CC(CC(C3)C1)C2)Nc1cccc2c(=O)n(C[C@@H]3CCCN3)ccc12. The topological polar surface area (TPSA) is 63.1 Å². The van der Waals surface area contributed by atoms with Crippen LogP contribution in [0.4, 0.5) is 5.69 Å². The molecule has 0 spiro atoms. The number of anilines is 1. The number of aromatic nitrogens is 1. The summed E-state index contributed by atoms with van der Waals surface area (Å²) in [4.78, 5) is 26.2. The smallest absolute Gasteiger partial charge is 0.258 e. The molecule has 32 heavy (non-hydrogen) atoms. The van der Waals surface area contributed by atoms with Gasteiger partial charge in [-0.1, -0.05) is 13.5 Å². The highest BCUT2D eigenvalue weighted by Crippen LogP contribution is 2.61. The van der Waals surface area contributed by atoms with Crippen molar-refractivity contribution in [2.24, 2.45) is 23.2 Å². The molecule has 1 atom stereocenters. The molecule has 172 valence electrons. The monoisotopic (exact) mass is 435 g/mol. The standard InChI is InChI=1S/C26H33N3O2.CH4/c30-24(15-26-12-17-9-18(13-26)11-19(10-17)14-26)28-23-5-1-4-22-21(23)6-8-29(25(22)31)16-20-3-2-7-27-20;/h1,4-6,8,17-20,27H,2-3,7,9-16H2,(H,28,30);1H4/t17?,18?,19?,20-,26?;/m0./s1. The second-order valence-electron chi connectivity index (χ2n) is 11.0. The number of carbonyl (C=O) groups is 1. The first-order chi connectivity index (χ1) is 15.1. The molecule has 0 radical (unpaired) electrons. The number of pyridine rings is 1. The van der Waals surface area contributed by atoms with Gasteiger partial charge >= 0.3 is 0 Å². The van der Waals surface area contributed by atoms with Crippen LogP contribution in [-0.4, -0.2) is 23.1 Å². The molecule has 1 aliphatic heterocycles. The average Bonchev–Trinajstić information content (AvgIpc) is 3.22. The van der Waals surface area contributed by atoms with Crippen LogP contribution in [0.25, 0.3) is 10.8 Å². The number of fused-ring (bicyclic) bond motifs is 1. The molecule has 5 aliphatic rings. The quantitative estimate of drug-likeness (QED) is 0.700. The lowest BCUT2D eigenvalue weighted by Crippen LogP contribution is -2.47. The molecule has 5 heteroatoms. The fourth-order valence-electron chi connectivity index (χ4n) is 7.76. The van der Waals surface area contributed by atoms with Crippen molar-refractivity contribution in [1.29, 1.82) is 0 Å². The Balaban J connectivity index is 0.00000216. The Morgan fingerprint density at radius 1 is 1.06 bits per heavy atom. The van der Waals surface area contributed by atoms with Crippen molar-refractivity contribution in [2.45, 2.75) is 77.8 Å². The van der Waals surface area contributed by atoms with E-state index in [4.69, 9.17) is 0 Å². The molecule has 1 amide bonds. The number of nitrogens with one attached hydrogen (secondary N) is 2. The van der Waals surface area contributed by atoms with Gasteiger partial charge in [-0.2, -0.15) is 0 Å². The van der Waals surface area contributed by atoms with Crippen molar-refractivity contribution >= 4 is 22.4 Å². The van der Waals surface area contributed by atoms with Crippen LogP contribution in [0.5, 0.6) is 0 Å². The number of hydrogen-bond donors (Lipinski definition) is 2. The van der Waals surface area contributed by atoms with Crippen molar-refractivity contribution in [3.8, 4) is 0 Å². The zero-order chi connectivity index (χ0) is 21.0. The summed E-state index contributed by atoms with van der Waals surface area (Å²) in [6, 6.07) is 8.07. The molecular formula is C27H37N3O2. The Bertz CT molecular complexity index is 1030. The van der Waals surface area contributed by atoms with Crippen LogP contribution >= 0.6 is 0 Å². The molecule has 4 aliphatic carbocycles. The van der Waals surface area contributed by atoms with E-state index in [1.807, 2.05) is 35.0 Å². The van der Waals surface area contributed by atoms with Crippen molar-refractivity contribution in [3.63, 3.8) is 0 Å². The lowest BCUT2D eigenvalue weighted by molar-refractivity contribution is -0.124. The summed E-state index contributed by atoms with van der Waals surface area (Å²) >= 11 is 0. The maximum absolute atomic E-state index is 13.1. The third kappa shape index (κ3) is 3.89. The maximum Gasteiger partial charge on any atom is 0.258 e. The number of rotatable bonds is 5. The van der Waals surface area contributed by atoms with E-state index in [2.05, 4.69) is 10.6 Å². The number of benzene rings is 1. The van der Waals surface area contributed by atoms with Gasteiger partial charge in [0.05, 0.1) is 0 Å². The van der Waals surface area contributed by atoms with E-state index in [-0.39, 0.29) is 24.3 Å². The third-order valence-electron chi connectivity index (χ3n) is 8.57. The first kappa shape index (κ1) is 21.7. The molecule has 1 aromatic heterocycles. The van der Waals surface area contributed by atoms with Crippen LogP contribution in [0.1, 0.15) is 65.2 Å². The van der Waals surface area contributed by atoms with Gasteiger partial charge in [-0.15, -0.1) is 0 Å². The molecule has 1 aromatic carbocycles.